The van der Waals surface area contributed by atoms with Crippen LogP contribution < -0.4 is 0 Å². The topological polar surface area (TPSA) is 40.6 Å². The molecule has 4 nitrogen and oxygen atoms in total. The third-order valence-corrected chi connectivity index (χ3v) is 6.79. The van der Waals surface area contributed by atoms with Gasteiger partial charge in [-0.1, -0.05) is 30.3 Å². The minimum Gasteiger partial charge on any atom is -0.339 e. The van der Waals surface area contributed by atoms with Gasteiger partial charge in [0, 0.05) is 32.0 Å². The Morgan fingerprint density at radius 2 is 1.76 bits per heavy atom. The normalized spacial score (nSPS) is 33.6. The van der Waals surface area contributed by atoms with Gasteiger partial charge in [-0.3, -0.25) is 9.59 Å². The second-order valence-electron chi connectivity index (χ2n) is 8.55. The summed E-state index contributed by atoms with van der Waals surface area (Å²) >= 11 is 0. The summed E-state index contributed by atoms with van der Waals surface area (Å²) in [5.74, 6) is 2.97. The molecule has 132 valence electrons. The molecule has 0 spiro atoms. The van der Waals surface area contributed by atoms with Crippen molar-refractivity contribution >= 4 is 11.8 Å². The number of hydrogen-bond donors (Lipinski definition) is 0. The first-order valence-electron chi connectivity index (χ1n) is 9.74. The molecule has 4 atom stereocenters. The SMILES string of the molecule is CN(C(=O)[C@@H]1C[C@H]1c1ccccc1)C1CN(C(=O)[C@@H]2C[C@H]2C2CC2)C1. The minimum absolute atomic E-state index is 0.139. The van der Waals surface area contributed by atoms with Gasteiger partial charge in [0.25, 0.3) is 0 Å². The second kappa shape index (κ2) is 5.58. The van der Waals surface area contributed by atoms with E-state index in [9.17, 15) is 9.59 Å². The lowest BCUT2D eigenvalue weighted by atomic mass is 10.0. The van der Waals surface area contributed by atoms with Crippen molar-refractivity contribution in [3.8, 4) is 0 Å². The van der Waals surface area contributed by atoms with E-state index in [0.717, 1.165) is 31.8 Å². The molecule has 0 radical (unpaired) electrons. The first-order valence-corrected chi connectivity index (χ1v) is 9.74. The fourth-order valence-electron chi connectivity index (χ4n) is 4.64. The zero-order valence-corrected chi connectivity index (χ0v) is 14.8. The summed E-state index contributed by atoms with van der Waals surface area (Å²) in [6.07, 6.45) is 4.74. The van der Waals surface area contributed by atoms with Crippen LogP contribution in [0.5, 0.6) is 0 Å². The largest absolute Gasteiger partial charge is 0.339 e. The average molecular weight is 338 g/mol. The van der Waals surface area contributed by atoms with Gasteiger partial charge in [0.05, 0.1) is 6.04 Å². The molecule has 1 aromatic rings. The van der Waals surface area contributed by atoms with Gasteiger partial charge in [0.15, 0.2) is 0 Å². The quantitative estimate of drug-likeness (QED) is 0.828. The first-order chi connectivity index (χ1) is 12.1. The molecule has 5 rings (SSSR count). The molecule has 0 N–H and O–H groups in total. The Labute approximate surface area is 149 Å². The molecule has 3 aliphatic carbocycles. The van der Waals surface area contributed by atoms with Gasteiger partial charge in [0.1, 0.15) is 0 Å². The monoisotopic (exact) mass is 338 g/mol. The number of benzene rings is 1. The summed E-state index contributed by atoms with van der Waals surface area (Å²) < 4.78 is 0. The Kier molecular flexibility index (Phi) is 3.44. The number of nitrogens with zero attached hydrogens (tertiary/aromatic N) is 2. The third kappa shape index (κ3) is 2.76. The maximum atomic E-state index is 12.7. The lowest BCUT2D eigenvalue weighted by molar-refractivity contribution is -0.147. The molecule has 4 heteroatoms. The van der Waals surface area contributed by atoms with Crippen LogP contribution in [0.2, 0.25) is 0 Å². The summed E-state index contributed by atoms with van der Waals surface area (Å²) in [6, 6.07) is 10.6. The van der Waals surface area contributed by atoms with Crippen LogP contribution in [0, 0.1) is 23.7 Å². The van der Waals surface area contributed by atoms with Gasteiger partial charge in [-0.05, 0) is 49.0 Å². The summed E-state index contributed by atoms with van der Waals surface area (Å²) in [5, 5.41) is 0. The molecule has 1 heterocycles. The predicted molar refractivity (Wildman–Crippen MR) is 94.7 cm³/mol. The Balaban J connectivity index is 1.11. The molecule has 1 saturated heterocycles. The highest BCUT2D eigenvalue weighted by Gasteiger charge is 2.54. The molecule has 2 amide bonds. The van der Waals surface area contributed by atoms with E-state index in [-0.39, 0.29) is 17.9 Å². The molecular formula is C21H26N2O2. The van der Waals surface area contributed by atoms with Crippen LogP contribution in [-0.2, 0) is 9.59 Å². The third-order valence-electron chi connectivity index (χ3n) is 6.79. The minimum atomic E-state index is 0.139. The van der Waals surface area contributed by atoms with Crippen LogP contribution in [0.3, 0.4) is 0 Å². The molecular weight excluding hydrogens is 312 g/mol. The highest BCUT2D eigenvalue weighted by molar-refractivity contribution is 5.85. The van der Waals surface area contributed by atoms with Crippen LogP contribution in [0.25, 0.3) is 0 Å². The Hall–Kier alpha value is -1.84. The van der Waals surface area contributed by atoms with E-state index >= 15 is 0 Å². The average Bonchev–Trinajstić information content (AvgIpc) is 3.47. The highest BCUT2D eigenvalue weighted by Crippen LogP contribution is 2.55. The molecule has 4 fully saturated rings. The van der Waals surface area contributed by atoms with E-state index < -0.39 is 0 Å². The molecule has 1 aromatic carbocycles. The molecule has 0 unspecified atom stereocenters. The maximum absolute atomic E-state index is 12.7. The van der Waals surface area contributed by atoms with Crippen LogP contribution >= 0.6 is 0 Å². The zero-order valence-electron chi connectivity index (χ0n) is 14.8. The maximum Gasteiger partial charge on any atom is 0.226 e. The molecule has 0 aromatic heterocycles. The number of amides is 2. The molecule has 4 aliphatic rings. The lowest BCUT2D eigenvalue weighted by Crippen LogP contribution is -2.62. The van der Waals surface area contributed by atoms with Crippen molar-refractivity contribution < 1.29 is 9.59 Å². The molecule has 3 saturated carbocycles. The van der Waals surface area contributed by atoms with Crippen LogP contribution in [0.1, 0.15) is 37.2 Å². The van der Waals surface area contributed by atoms with Crippen LogP contribution in [0.4, 0.5) is 0 Å². The van der Waals surface area contributed by atoms with E-state index in [1.54, 1.807) is 0 Å². The van der Waals surface area contributed by atoms with Crippen molar-refractivity contribution in [2.75, 3.05) is 20.1 Å². The van der Waals surface area contributed by atoms with Crippen molar-refractivity contribution in [3.63, 3.8) is 0 Å². The number of hydrogen-bond acceptors (Lipinski definition) is 2. The Morgan fingerprint density at radius 1 is 1.04 bits per heavy atom. The standard InChI is InChI=1S/C21H26N2O2/c1-22(20(24)18-9-16(18)13-5-3-2-4-6-13)15-11-23(12-15)21(25)19-10-17(19)14-7-8-14/h2-6,14-19H,7-12H2,1H3/t16-,17-,18+,19+/m0/s1. The van der Waals surface area contributed by atoms with Gasteiger partial charge in [-0.15, -0.1) is 0 Å². The number of rotatable bonds is 5. The van der Waals surface area contributed by atoms with E-state index in [2.05, 4.69) is 12.1 Å². The van der Waals surface area contributed by atoms with E-state index in [4.69, 9.17) is 0 Å². The molecule has 25 heavy (non-hydrogen) atoms. The fraction of sp³-hybridized carbons (Fsp3) is 0.619. The second-order valence-corrected chi connectivity index (χ2v) is 8.55. The summed E-state index contributed by atoms with van der Waals surface area (Å²) in [4.78, 5) is 29.1. The number of likely N-dealkylation sites (tertiary alicyclic amines) is 1. The molecule has 1 aliphatic heterocycles. The number of carbonyl (C=O) groups is 2. The smallest absolute Gasteiger partial charge is 0.226 e. The summed E-state index contributed by atoms with van der Waals surface area (Å²) in [6.45, 7) is 1.47. The number of carbonyl (C=O) groups excluding carboxylic acids is 2. The van der Waals surface area contributed by atoms with Crippen LogP contribution in [-0.4, -0.2) is 47.8 Å². The van der Waals surface area contributed by atoms with Crippen LogP contribution in [0.15, 0.2) is 30.3 Å². The predicted octanol–water partition coefficient (Wildman–Crippen LogP) is 2.51. The van der Waals surface area contributed by atoms with E-state index in [0.29, 0.717) is 23.7 Å². The zero-order chi connectivity index (χ0) is 17.1. The van der Waals surface area contributed by atoms with Gasteiger partial charge in [-0.2, -0.15) is 0 Å². The van der Waals surface area contributed by atoms with E-state index in [1.807, 2.05) is 35.0 Å². The van der Waals surface area contributed by atoms with Crippen molar-refractivity contribution in [3.05, 3.63) is 35.9 Å². The van der Waals surface area contributed by atoms with Gasteiger partial charge < -0.3 is 9.80 Å². The summed E-state index contributed by atoms with van der Waals surface area (Å²) in [5.41, 5.74) is 1.28. The van der Waals surface area contributed by atoms with E-state index in [1.165, 1.54) is 18.4 Å². The van der Waals surface area contributed by atoms with Gasteiger partial charge in [-0.25, -0.2) is 0 Å². The molecule has 0 bridgehead atoms. The van der Waals surface area contributed by atoms with Crippen molar-refractivity contribution in [1.82, 2.24) is 9.80 Å². The van der Waals surface area contributed by atoms with Crippen molar-refractivity contribution in [2.24, 2.45) is 23.7 Å². The summed E-state index contributed by atoms with van der Waals surface area (Å²) in [7, 11) is 1.92. The first kappa shape index (κ1) is 15.4. The van der Waals surface area contributed by atoms with Gasteiger partial charge in [0.2, 0.25) is 11.8 Å². The number of likely N-dealkylation sites (N-methyl/N-ethyl adjacent to an activating group) is 1. The lowest BCUT2D eigenvalue weighted by Gasteiger charge is -2.44. The fourth-order valence-corrected chi connectivity index (χ4v) is 4.64. The van der Waals surface area contributed by atoms with Crippen molar-refractivity contribution in [2.45, 2.75) is 37.6 Å². The highest BCUT2D eigenvalue weighted by atomic mass is 16.2. The van der Waals surface area contributed by atoms with Crippen molar-refractivity contribution in [1.29, 1.82) is 0 Å². The Morgan fingerprint density at radius 3 is 2.44 bits per heavy atom. The van der Waals surface area contributed by atoms with Gasteiger partial charge >= 0.3 is 0 Å². The Bertz CT molecular complexity index is 693.